The van der Waals surface area contributed by atoms with E-state index in [2.05, 4.69) is 30.3 Å². The van der Waals surface area contributed by atoms with Crippen molar-refractivity contribution in [3.8, 4) is 0 Å². The summed E-state index contributed by atoms with van der Waals surface area (Å²) in [5, 5.41) is 4.19. The van der Waals surface area contributed by atoms with E-state index in [1.807, 2.05) is 18.2 Å². The first kappa shape index (κ1) is 15.8. The highest BCUT2D eigenvalue weighted by Crippen LogP contribution is 2.25. The van der Waals surface area contributed by atoms with Crippen LogP contribution in [0.15, 0.2) is 24.3 Å². The average Bonchev–Trinajstić information content (AvgIpc) is 2.48. The molecule has 2 rings (SSSR count). The van der Waals surface area contributed by atoms with Gasteiger partial charge >= 0.3 is 0 Å². The molecular weight excluding hydrogens is 272 g/mol. The average molecular weight is 297 g/mol. The molecule has 0 bridgehead atoms. The van der Waals surface area contributed by atoms with Crippen molar-refractivity contribution in [3.05, 3.63) is 34.9 Å². The van der Waals surface area contributed by atoms with Crippen LogP contribution in [0, 0.1) is 0 Å². The van der Waals surface area contributed by atoms with E-state index in [1.54, 1.807) is 0 Å². The summed E-state index contributed by atoms with van der Waals surface area (Å²) >= 11 is 6.25. The molecule has 3 nitrogen and oxygen atoms in total. The fourth-order valence-electron chi connectivity index (χ4n) is 2.57. The Kier molecular flexibility index (Phi) is 6.30. The Labute approximate surface area is 127 Å². The number of piperidine rings is 1. The minimum absolute atomic E-state index is 0.306. The molecule has 1 aliphatic rings. The third-order valence-corrected chi connectivity index (χ3v) is 4.44. The van der Waals surface area contributed by atoms with Crippen molar-refractivity contribution in [2.75, 3.05) is 33.3 Å². The van der Waals surface area contributed by atoms with E-state index in [0.29, 0.717) is 12.1 Å². The quantitative estimate of drug-likeness (QED) is 0.873. The number of nitrogens with zero attached hydrogens (tertiary/aromatic N) is 1. The number of likely N-dealkylation sites (N-methyl/N-ethyl adjacent to an activating group) is 1. The Morgan fingerprint density at radius 2 is 2.05 bits per heavy atom. The number of hydrogen-bond donors (Lipinski definition) is 1. The summed E-state index contributed by atoms with van der Waals surface area (Å²) in [5.41, 5.74) is 1.18. The van der Waals surface area contributed by atoms with Gasteiger partial charge in [-0.2, -0.15) is 0 Å². The molecule has 4 heteroatoms. The summed E-state index contributed by atoms with van der Waals surface area (Å²) in [6.45, 7) is 6.06. The Balaban J connectivity index is 1.76. The van der Waals surface area contributed by atoms with Crippen LogP contribution in [0.25, 0.3) is 0 Å². The second-order valence-corrected chi connectivity index (χ2v) is 5.91. The van der Waals surface area contributed by atoms with Gasteiger partial charge in [-0.05, 0) is 51.5 Å². The lowest BCUT2D eigenvalue weighted by Gasteiger charge is -2.28. The first-order chi connectivity index (χ1) is 9.68. The van der Waals surface area contributed by atoms with Crippen LogP contribution in [0.2, 0.25) is 5.02 Å². The highest BCUT2D eigenvalue weighted by Gasteiger charge is 2.16. The van der Waals surface area contributed by atoms with Crippen molar-refractivity contribution < 1.29 is 4.74 Å². The van der Waals surface area contributed by atoms with E-state index in [-0.39, 0.29) is 0 Å². The third-order valence-electron chi connectivity index (χ3n) is 4.10. The molecule has 1 fully saturated rings. The van der Waals surface area contributed by atoms with Crippen LogP contribution < -0.4 is 5.32 Å². The van der Waals surface area contributed by atoms with Gasteiger partial charge in [-0.1, -0.05) is 29.8 Å². The van der Waals surface area contributed by atoms with Crippen LogP contribution in [0.4, 0.5) is 0 Å². The van der Waals surface area contributed by atoms with Gasteiger partial charge in [0.15, 0.2) is 0 Å². The molecule has 112 valence electrons. The molecule has 0 saturated carbocycles. The van der Waals surface area contributed by atoms with Gasteiger partial charge < -0.3 is 10.1 Å². The summed E-state index contributed by atoms with van der Waals surface area (Å²) in [4.78, 5) is 2.29. The Morgan fingerprint density at radius 1 is 1.35 bits per heavy atom. The van der Waals surface area contributed by atoms with Gasteiger partial charge in [0.1, 0.15) is 0 Å². The maximum Gasteiger partial charge on any atom is 0.0600 e. The molecule has 1 aliphatic heterocycles. The minimum Gasteiger partial charge on any atom is -0.377 e. The first-order valence-corrected chi connectivity index (χ1v) is 7.83. The molecule has 0 aromatic heterocycles. The highest BCUT2D eigenvalue weighted by atomic mass is 35.5. The zero-order valence-corrected chi connectivity index (χ0v) is 13.2. The first-order valence-electron chi connectivity index (χ1n) is 7.45. The number of rotatable bonds is 6. The maximum atomic E-state index is 6.25. The molecule has 1 aromatic rings. The molecule has 0 spiro atoms. The van der Waals surface area contributed by atoms with Crippen molar-refractivity contribution in [1.82, 2.24) is 10.2 Å². The molecule has 20 heavy (non-hydrogen) atoms. The van der Waals surface area contributed by atoms with Crippen molar-refractivity contribution >= 4 is 11.6 Å². The van der Waals surface area contributed by atoms with Gasteiger partial charge in [-0.3, -0.25) is 4.90 Å². The van der Waals surface area contributed by atoms with Crippen molar-refractivity contribution in [2.45, 2.75) is 31.9 Å². The van der Waals surface area contributed by atoms with Crippen LogP contribution >= 0.6 is 11.6 Å². The molecule has 1 aromatic carbocycles. The zero-order valence-electron chi connectivity index (χ0n) is 12.4. The predicted octanol–water partition coefficient (Wildman–Crippen LogP) is 3.10. The Bertz CT molecular complexity index is 407. The van der Waals surface area contributed by atoms with Crippen LogP contribution in [0.3, 0.4) is 0 Å². The molecule has 0 aliphatic carbocycles. The predicted molar refractivity (Wildman–Crippen MR) is 84.3 cm³/mol. The normalized spacial score (nSPS) is 18.4. The molecule has 1 atom stereocenters. The van der Waals surface area contributed by atoms with E-state index < -0.39 is 0 Å². The largest absolute Gasteiger partial charge is 0.377 e. The molecule has 1 heterocycles. The van der Waals surface area contributed by atoms with E-state index in [0.717, 1.165) is 44.1 Å². The van der Waals surface area contributed by atoms with Gasteiger partial charge in [0.2, 0.25) is 0 Å². The lowest BCUT2D eigenvalue weighted by atomic mass is 10.1. The standard InChI is InChI=1S/C16H25ClN2O/c1-13(15-5-3-4-6-16(15)17)19(2)11-12-20-14-7-9-18-10-8-14/h3-6,13-14,18H,7-12H2,1-2H3. The van der Waals surface area contributed by atoms with Crippen LogP contribution in [0.5, 0.6) is 0 Å². The number of ether oxygens (including phenoxy) is 1. The van der Waals surface area contributed by atoms with Crippen LogP contribution in [-0.4, -0.2) is 44.3 Å². The van der Waals surface area contributed by atoms with E-state index in [9.17, 15) is 0 Å². The third kappa shape index (κ3) is 4.45. The van der Waals surface area contributed by atoms with Crippen molar-refractivity contribution in [1.29, 1.82) is 0 Å². The van der Waals surface area contributed by atoms with Crippen molar-refractivity contribution in [2.24, 2.45) is 0 Å². The van der Waals surface area contributed by atoms with Gasteiger partial charge in [-0.15, -0.1) is 0 Å². The van der Waals surface area contributed by atoms with E-state index in [1.165, 1.54) is 5.56 Å². The molecule has 1 saturated heterocycles. The number of nitrogens with one attached hydrogen (secondary N) is 1. The van der Waals surface area contributed by atoms with Crippen molar-refractivity contribution in [3.63, 3.8) is 0 Å². The molecule has 0 radical (unpaired) electrons. The molecule has 1 N–H and O–H groups in total. The SMILES string of the molecule is CC(c1ccccc1Cl)N(C)CCOC1CCNCC1. The maximum absolute atomic E-state index is 6.25. The summed E-state index contributed by atoms with van der Waals surface area (Å²) in [6, 6.07) is 8.36. The summed E-state index contributed by atoms with van der Waals surface area (Å²) in [5.74, 6) is 0. The second-order valence-electron chi connectivity index (χ2n) is 5.50. The Hall–Kier alpha value is -0.610. The lowest BCUT2D eigenvalue weighted by Crippen LogP contribution is -2.34. The fourth-order valence-corrected chi connectivity index (χ4v) is 2.86. The van der Waals surface area contributed by atoms with E-state index in [4.69, 9.17) is 16.3 Å². The summed E-state index contributed by atoms with van der Waals surface area (Å²) < 4.78 is 5.96. The van der Waals surface area contributed by atoms with Crippen LogP contribution in [0.1, 0.15) is 31.4 Å². The van der Waals surface area contributed by atoms with Gasteiger partial charge in [-0.25, -0.2) is 0 Å². The lowest BCUT2D eigenvalue weighted by molar-refractivity contribution is 0.0190. The smallest absolute Gasteiger partial charge is 0.0600 e. The van der Waals surface area contributed by atoms with E-state index >= 15 is 0 Å². The number of benzene rings is 1. The Morgan fingerprint density at radius 3 is 2.75 bits per heavy atom. The van der Waals surface area contributed by atoms with Gasteiger partial charge in [0.05, 0.1) is 12.7 Å². The summed E-state index contributed by atoms with van der Waals surface area (Å²) in [7, 11) is 2.12. The molecular formula is C16H25ClN2O. The topological polar surface area (TPSA) is 24.5 Å². The van der Waals surface area contributed by atoms with Crippen LogP contribution in [-0.2, 0) is 4.74 Å². The summed E-state index contributed by atoms with van der Waals surface area (Å²) in [6.07, 6.45) is 2.69. The van der Waals surface area contributed by atoms with Gasteiger partial charge in [0.25, 0.3) is 0 Å². The molecule has 1 unspecified atom stereocenters. The number of halogens is 1. The molecule has 0 amide bonds. The second kappa shape index (κ2) is 7.99. The minimum atomic E-state index is 0.306. The fraction of sp³-hybridized carbons (Fsp3) is 0.625. The zero-order chi connectivity index (χ0) is 14.4. The highest BCUT2D eigenvalue weighted by molar-refractivity contribution is 6.31. The number of hydrogen-bond acceptors (Lipinski definition) is 3. The van der Waals surface area contributed by atoms with Gasteiger partial charge in [0, 0.05) is 17.6 Å². The monoisotopic (exact) mass is 296 g/mol.